The van der Waals surface area contributed by atoms with E-state index in [1.165, 1.54) is 24.3 Å². The minimum atomic E-state index is -0.467. The van der Waals surface area contributed by atoms with Crippen molar-refractivity contribution < 1.29 is 13.9 Å². The zero-order chi connectivity index (χ0) is 13.8. The lowest BCUT2D eigenvalue weighted by Gasteiger charge is -2.09. The highest BCUT2D eigenvalue weighted by molar-refractivity contribution is 5.76. The third kappa shape index (κ3) is 2.61. The molecule has 0 spiro atoms. The van der Waals surface area contributed by atoms with Gasteiger partial charge in [-0.2, -0.15) is 5.26 Å². The molecule has 0 bridgehead atoms. The van der Waals surface area contributed by atoms with E-state index >= 15 is 0 Å². The predicted octanol–water partition coefficient (Wildman–Crippen LogP) is 3.61. The van der Waals surface area contributed by atoms with E-state index in [9.17, 15) is 9.18 Å². The van der Waals surface area contributed by atoms with Crippen LogP contribution < -0.4 is 4.74 Å². The van der Waals surface area contributed by atoms with Gasteiger partial charge in [-0.25, -0.2) is 4.39 Å². The number of rotatable bonds is 3. The Bertz CT molecular complexity index is 674. The topological polar surface area (TPSA) is 50.1 Å². The molecule has 2 aromatic carbocycles. The molecular weight excluding hydrogens is 245 g/mol. The summed E-state index contributed by atoms with van der Waals surface area (Å²) in [5.74, 6) is -0.196. The van der Waals surface area contributed by atoms with Gasteiger partial charge in [0.25, 0.3) is 0 Å². The molecule has 0 saturated carbocycles. The standard InChI is InChI=1S/C15H10FNO2/c1-10-3-2-4-14(15(10)16)19-13-6-5-11(9-18)7-12(13)8-17/h2-7,9H,1H3. The largest absolute Gasteiger partial charge is 0.453 e. The highest BCUT2D eigenvalue weighted by Gasteiger charge is 2.10. The van der Waals surface area contributed by atoms with Crippen LogP contribution in [0.1, 0.15) is 21.5 Å². The van der Waals surface area contributed by atoms with Gasteiger partial charge in [-0.3, -0.25) is 4.79 Å². The van der Waals surface area contributed by atoms with Gasteiger partial charge in [0.15, 0.2) is 11.6 Å². The van der Waals surface area contributed by atoms with Gasteiger partial charge in [0.2, 0.25) is 0 Å². The van der Waals surface area contributed by atoms with Gasteiger partial charge >= 0.3 is 0 Å². The summed E-state index contributed by atoms with van der Waals surface area (Å²) < 4.78 is 19.2. The highest BCUT2D eigenvalue weighted by Crippen LogP contribution is 2.28. The Labute approximate surface area is 109 Å². The molecule has 94 valence electrons. The first kappa shape index (κ1) is 12.8. The number of halogens is 1. The van der Waals surface area contributed by atoms with Crippen LogP contribution in [0.4, 0.5) is 4.39 Å². The van der Waals surface area contributed by atoms with Crippen molar-refractivity contribution in [2.75, 3.05) is 0 Å². The van der Waals surface area contributed by atoms with Crippen LogP contribution >= 0.6 is 0 Å². The summed E-state index contributed by atoms with van der Waals surface area (Å²) in [6.07, 6.45) is 0.637. The number of carbonyl (C=O) groups excluding carboxylic acids is 1. The van der Waals surface area contributed by atoms with Gasteiger partial charge in [0.05, 0.1) is 5.56 Å². The lowest BCUT2D eigenvalue weighted by atomic mass is 10.1. The van der Waals surface area contributed by atoms with Crippen LogP contribution in [0.5, 0.6) is 11.5 Å². The monoisotopic (exact) mass is 255 g/mol. The summed E-state index contributed by atoms with van der Waals surface area (Å²) in [4.78, 5) is 10.6. The fourth-order valence-corrected chi connectivity index (χ4v) is 1.62. The van der Waals surface area contributed by atoms with Gasteiger partial charge in [0.1, 0.15) is 18.1 Å². The van der Waals surface area contributed by atoms with E-state index in [1.54, 1.807) is 19.1 Å². The Balaban J connectivity index is 2.41. The van der Waals surface area contributed by atoms with Gasteiger partial charge in [-0.15, -0.1) is 0 Å². The number of benzene rings is 2. The Hall–Kier alpha value is -2.67. The fourth-order valence-electron chi connectivity index (χ4n) is 1.62. The van der Waals surface area contributed by atoms with Gasteiger partial charge in [0, 0.05) is 5.56 Å². The van der Waals surface area contributed by atoms with Crippen molar-refractivity contribution in [1.82, 2.24) is 0 Å². The van der Waals surface area contributed by atoms with Crippen LogP contribution in [0.25, 0.3) is 0 Å². The summed E-state index contributed by atoms with van der Waals surface area (Å²) in [5.41, 5.74) is 1.01. The first-order valence-corrected chi connectivity index (χ1v) is 5.58. The van der Waals surface area contributed by atoms with Crippen molar-refractivity contribution in [3.8, 4) is 17.6 Å². The SMILES string of the molecule is Cc1cccc(Oc2ccc(C=O)cc2C#N)c1F. The van der Waals surface area contributed by atoms with E-state index in [-0.39, 0.29) is 17.1 Å². The Morgan fingerprint density at radius 1 is 1.26 bits per heavy atom. The van der Waals surface area contributed by atoms with E-state index in [2.05, 4.69) is 0 Å². The lowest BCUT2D eigenvalue weighted by molar-refractivity contribution is 0.112. The molecule has 0 atom stereocenters. The molecule has 0 heterocycles. The molecule has 4 heteroatoms. The summed E-state index contributed by atoms with van der Waals surface area (Å²) in [5, 5.41) is 9.00. The van der Waals surface area contributed by atoms with Crippen molar-refractivity contribution in [2.45, 2.75) is 6.92 Å². The summed E-state index contributed by atoms with van der Waals surface area (Å²) >= 11 is 0. The van der Waals surface area contributed by atoms with Crippen molar-refractivity contribution >= 4 is 6.29 Å². The first-order valence-electron chi connectivity index (χ1n) is 5.58. The second-order valence-electron chi connectivity index (χ2n) is 3.97. The van der Waals surface area contributed by atoms with Gasteiger partial charge < -0.3 is 4.74 Å². The minimum Gasteiger partial charge on any atom is -0.453 e. The van der Waals surface area contributed by atoms with Crippen LogP contribution in [0.3, 0.4) is 0 Å². The van der Waals surface area contributed by atoms with E-state index in [0.717, 1.165) is 0 Å². The number of hydrogen-bond acceptors (Lipinski definition) is 3. The molecule has 0 aliphatic carbocycles. The van der Waals surface area contributed by atoms with Crippen molar-refractivity contribution in [1.29, 1.82) is 5.26 Å². The normalized spacial score (nSPS) is 9.74. The molecule has 3 nitrogen and oxygen atoms in total. The smallest absolute Gasteiger partial charge is 0.168 e. The zero-order valence-corrected chi connectivity index (χ0v) is 10.2. The van der Waals surface area contributed by atoms with E-state index in [4.69, 9.17) is 10.00 Å². The summed E-state index contributed by atoms with van der Waals surface area (Å²) in [6.45, 7) is 1.63. The maximum Gasteiger partial charge on any atom is 0.168 e. The maximum absolute atomic E-state index is 13.8. The third-order valence-corrected chi connectivity index (χ3v) is 2.64. The van der Waals surface area contributed by atoms with Gasteiger partial charge in [-0.05, 0) is 36.8 Å². The molecule has 0 radical (unpaired) electrons. The number of carbonyl (C=O) groups is 1. The molecule has 0 aliphatic heterocycles. The molecule has 19 heavy (non-hydrogen) atoms. The number of nitrogens with zero attached hydrogens (tertiary/aromatic N) is 1. The Kier molecular flexibility index (Phi) is 3.58. The first-order chi connectivity index (χ1) is 9.15. The number of aryl methyl sites for hydroxylation is 1. The second-order valence-corrected chi connectivity index (χ2v) is 3.97. The summed E-state index contributed by atoms with van der Waals surface area (Å²) in [7, 11) is 0. The number of nitriles is 1. The number of hydrogen-bond donors (Lipinski definition) is 0. The third-order valence-electron chi connectivity index (χ3n) is 2.64. The van der Waals surface area contributed by atoms with Gasteiger partial charge in [-0.1, -0.05) is 12.1 Å². The van der Waals surface area contributed by atoms with Crippen molar-refractivity contribution in [2.24, 2.45) is 0 Å². The molecule has 2 rings (SSSR count). The Morgan fingerprint density at radius 3 is 2.74 bits per heavy atom. The predicted molar refractivity (Wildman–Crippen MR) is 67.8 cm³/mol. The minimum absolute atomic E-state index is 0.0513. The van der Waals surface area contributed by atoms with E-state index in [1.807, 2.05) is 6.07 Å². The zero-order valence-electron chi connectivity index (χ0n) is 10.2. The Morgan fingerprint density at radius 2 is 2.05 bits per heavy atom. The molecule has 0 aromatic heterocycles. The van der Waals surface area contributed by atoms with Crippen LogP contribution in [0.2, 0.25) is 0 Å². The second kappa shape index (κ2) is 5.32. The van der Waals surface area contributed by atoms with Crippen molar-refractivity contribution in [3.05, 3.63) is 58.9 Å². The van der Waals surface area contributed by atoms with Crippen LogP contribution in [-0.2, 0) is 0 Å². The van der Waals surface area contributed by atoms with Crippen molar-refractivity contribution in [3.63, 3.8) is 0 Å². The van der Waals surface area contributed by atoms with Crippen LogP contribution in [0.15, 0.2) is 36.4 Å². The molecule has 0 unspecified atom stereocenters. The molecular formula is C15H10FNO2. The molecule has 0 amide bonds. The molecule has 0 saturated heterocycles. The quantitative estimate of drug-likeness (QED) is 0.787. The molecule has 0 aliphatic rings. The maximum atomic E-state index is 13.8. The molecule has 0 N–H and O–H groups in total. The lowest BCUT2D eigenvalue weighted by Crippen LogP contribution is -1.94. The van der Waals surface area contributed by atoms with E-state index < -0.39 is 5.82 Å². The highest BCUT2D eigenvalue weighted by atomic mass is 19.1. The fraction of sp³-hybridized carbons (Fsp3) is 0.0667. The molecule has 2 aromatic rings. The van der Waals surface area contributed by atoms with Crippen LogP contribution in [0, 0.1) is 24.1 Å². The van der Waals surface area contributed by atoms with Crippen LogP contribution in [-0.4, -0.2) is 6.29 Å². The molecule has 0 fully saturated rings. The average Bonchev–Trinajstić information content (AvgIpc) is 2.44. The number of aldehydes is 1. The average molecular weight is 255 g/mol. The summed E-state index contributed by atoms with van der Waals surface area (Å²) in [6, 6.07) is 11.1. The van der Waals surface area contributed by atoms with E-state index in [0.29, 0.717) is 17.4 Å². The number of ether oxygens (including phenoxy) is 1.